The van der Waals surface area contributed by atoms with E-state index in [1.165, 1.54) is 105 Å². The minimum absolute atomic E-state index is 0.109. The molecule has 2 nitrogen and oxygen atoms in total. The number of aromatic nitrogens is 2. The van der Waals surface area contributed by atoms with E-state index in [1.807, 2.05) is 30.7 Å². The summed E-state index contributed by atoms with van der Waals surface area (Å²) in [5.41, 5.74) is 26.6. The van der Waals surface area contributed by atoms with Crippen LogP contribution >= 0.6 is 0 Å². The summed E-state index contributed by atoms with van der Waals surface area (Å²) >= 11 is 0. The fourth-order valence-corrected chi connectivity index (χ4v) is 11.2. The fraction of sp³-hybridized carbons (Fsp3) is 0.143. The van der Waals surface area contributed by atoms with Gasteiger partial charge in [-0.05, 0) is 156 Å². The van der Waals surface area contributed by atoms with Crippen LogP contribution in [0.2, 0.25) is 0 Å². The van der Waals surface area contributed by atoms with Crippen molar-refractivity contribution in [2.75, 3.05) is 0 Å². The first-order valence-corrected chi connectivity index (χ1v) is 20.7. The molecule has 2 heteroatoms. The molecule has 4 aliphatic carbocycles. The topological polar surface area (TPSA) is 25.8 Å². The number of allylic oxidation sites excluding steroid dienone is 3. The molecule has 58 heavy (non-hydrogen) atoms. The zero-order valence-electron chi connectivity index (χ0n) is 33.3. The molecule has 6 aromatic carbocycles. The van der Waals surface area contributed by atoms with E-state index >= 15 is 0 Å². The van der Waals surface area contributed by atoms with Gasteiger partial charge in [0.2, 0.25) is 0 Å². The Bertz CT molecular complexity index is 3110. The van der Waals surface area contributed by atoms with Crippen molar-refractivity contribution in [3.05, 3.63) is 213 Å². The number of fused-ring (bicyclic) bond motifs is 7. The van der Waals surface area contributed by atoms with Gasteiger partial charge in [0.05, 0.1) is 5.69 Å². The van der Waals surface area contributed by atoms with Crippen LogP contribution in [0.25, 0.3) is 67.1 Å². The minimum atomic E-state index is -0.109. The van der Waals surface area contributed by atoms with Crippen LogP contribution in [-0.4, -0.2) is 9.97 Å². The lowest BCUT2D eigenvalue weighted by Gasteiger charge is -2.34. The number of rotatable bonds is 4. The lowest BCUT2D eigenvalue weighted by molar-refractivity contribution is 0.640. The third kappa shape index (κ3) is 4.66. The maximum absolute atomic E-state index is 4.85. The zero-order valence-corrected chi connectivity index (χ0v) is 33.3. The number of aryl methyl sites for hydroxylation is 2. The Morgan fingerprint density at radius 2 is 1.41 bits per heavy atom. The van der Waals surface area contributed by atoms with Crippen LogP contribution in [0.3, 0.4) is 0 Å². The summed E-state index contributed by atoms with van der Waals surface area (Å²) in [6.45, 7) is 9.49. The highest BCUT2D eigenvalue weighted by atomic mass is 14.7. The zero-order chi connectivity index (χ0) is 38.9. The molecule has 0 aliphatic heterocycles. The molecule has 0 saturated heterocycles. The van der Waals surface area contributed by atoms with E-state index in [1.54, 1.807) is 0 Å². The van der Waals surface area contributed by atoms with Crippen molar-refractivity contribution >= 4 is 22.4 Å². The van der Waals surface area contributed by atoms with Gasteiger partial charge in [-0.1, -0.05) is 123 Å². The Morgan fingerprint density at radius 3 is 2.24 bits per heavy atom. The molecule has 4 aliphatic rings. The Balaban J connectivity index is 0.981. The van der Waals surface area contributed by atoms with Crippen LogP contribution in [-0.2, 0) is 11.8 Å². The molecule has 0 saturated carbocycles. The van der Waals surface area contributed by atoms with Gasteiger partial charge in [0.1, 0.15) is 0 Å². The normalized spacial score (nSPS) is 17.6. The predicted octanol–water partition coefficient (Wildman–Crippen LogP) is 13.8. The van der Waals surface area contributed by atoms with Crippen LogP contribution in [0.4, 0.5) is 0 Å². The summed E-state index contributed by atoms with van der Waals surface area (Å²) in [4.78, 5) is 9.02. The lowest BCUT2D eigenvalue weighted by Crippen LogP contribution is -2.20. The monoisotopic (exact) mass is 742 g/mol. The van der Waals surface area contributed by atoms with Crippen LogP contribution in [0.15, 0.2) is 158 Å². The molecule has 276 valence electrons. The van der Waals surface area contributed by atoms with Crippen LogP contribution < -0.4 is 0 Å². The van der Waals surface area contributed by atoms with E-state index in [0.717, 1.165) is 23.2 Å². The van der Waals surface area contributed by atoms with Gasteiger partial charge < -0.3 is 0 Å². The van der Waals surface area contributed by atoms with E-state index in [2.05, 4.69) is 160 Å². The molecule has 0 spiro atoms. The summed E-state index contributed by atoms with van der Waals surface area (Å²) < 4.78 is 0. The van der Waals surface area contributed by atoms with Gasteiger partial charge >= 0.3 is 0 Å². The quantitative estimate of drug-likeness (QED) is 0.179. The molecule has 0 N–H and O–H groups in total. The molecule has 0 radical (unpaired) electrons. The average Bonchev–Trinajstić information content (AvgIpc) is 3.69. The SMILES string of the molecule is Cc1cc2c(cc1-c1c(C)cc3c4c5c(ccc14)C=C1C(C5=CC3)c3ccc(-c4ccc(-c5ccncc5)nc4)cc3C1(C)C)-c1ccccc1C2c1ccccc1. The molecule has 0 bridgehead atoms. The molecule has 2 unspecified atom stereocenters. The molecule has 2 aromatic heterocycles. The number of nitrogens with zero attached hydrogens (tertiary/aromatic N) is 2. The first kappa shape index (κ1) is 33.5. The van der Waals surface area contributed by atoms with Crippen LogP contribution in [0, 0.1) is 13.8 Å². The molecule has 8 aromatic rings. The Kier molecular flexibility index (Phi) is 7.04. The Labute approximate surface area is 340 Å². The Hall–Kier alpha value is -6.64. The Morgan fingerprint density at radius 1 is 0.603 bits per heavy atom. The molecule has 2 atom stereocenters. The second kappa shape index (κ2) is 12.2. The van der Waals surface area contributed by atoms with Crippen molar-refractivity contribution in [2.45, 2.75) is 51.4 Å². The largest absolute Gasteiger partial charge is 0.265 e. The summed E-state index contributed by atoms with van der Waals surface area (Å²) in [6, 6.07) is 47.9. The van der Waals surface area contributed by atoms with Gasteiger partial charge in [-0.3, -0.25) is 9.97 Å². The molecule has 0 fully saturated rings. The van der Waals surface area contributed by atoms with Crippen molar-refractivity contribution in [1.29, 1.82) is 0 Å². The molecule has 2 heterocycles. The molecule has 12 rings (SSSR count). The number of hydrogen-bond donors (Lipinski definition) is 0. The first-order valence-electron chi connectivity index (χ1n) is 20.7. The van der Waals surface area contributed by atoms with E-state index in [9.17, 15) is 0 Å². The third-order valence-corrected chi connectivity index (χ3v) is 13.9. The van der Waals surface area contributed by atoms with E-state index in [4.69, 9.17) is 4.98 Å². The van der Waals surface area contributed by atoms with Gasteiger partial charge in [-0.25, -0.2) is 0 Å². The number of benzene rings is 6. The summed E-state index contributed by atoms with van der Waals surface area (Å²) in [5.74, 6) is 0.492. The molecular weight excluding hydrogens is 701 g/mol. The van der Waals surface area contributed by atoms with Crippen molar-refractivity contribution in [2.24, 2.45) is 0 Å². The summed E-state index contributed by atoms with van der Waals surface area (Å²) in [7, 11) is 0. The highest BCUT2D eigenvalue weighted by Crippen LogP contribution is 2.61. The predicted molar refractivity (Wildman–Crippen MR) is 240 cm³/mol. The first-order chi connectivity index (χ1) is 28.3. The third-order valence-electron chi connectivity index (χ3n) is 13.9. The molecule has 0 amide bonds. The van der Waals surface area contributed by atoms with Crippen LogP contribution in [0.1, 0.15) is 81.3 Å². The van der Waals surface area contributed by atoms with Gasteiger partial charge in [-0.15, -0.1) is 0 Å². The maximum atomic E-state index is 4.85. The summed E-state index contributed by atoms with van der Waals surface area (Å²) in [5, 5.41) is 2.82. The number of hydrogen-bond acceptors (Lipinski definition) is 2. The molecular formula is C56H42N2. The summed E-state index contributed by atoms with van der Waals surface area (Å²) in [6.07, 6.45) is 11.7. The van der Waals surface area contributed by atoms with Crippen LogP contribution in [0.5, 0.6) is 0 Å². The van der Waals surface area contributed by atoms with Crippen molar-refractivity contribution in [3.63, 3.8) is 0 Å². The second-order valence-electron chi connectivity index (χ2n) is 17.4. The highest BCUT2D eigenvalue weighted by molar-refractivity contribution is 6.11. The highest BCUT2D eigenvalue weighted by Gasteiger charge is 2.46. The van der Waals surface area contributed by atoms with Gasteiger partial charge in [0.25, 0.3) is 0 Å². The van der Waals surface area contributed by atoms with Gasteiger partial charge in [0, 0.05) is 47.0 Å². The van der Waals surface area contributed by atoms with E-state index in [-0.39, 0.29) is 17.3 Å². The lowest BCUT2D eigenvalue weighted by atomic mass is 9.69. The maximum Gasteiger partial charge on any atom is 0.0703 e. The van der Waals surface area contributed by atoms with Gasteiger partial charge in [-0.2, -0.15) is 0 Å². The van der Waals surface area contributed by atoms with Crippen molar-refractivity contribution < 1.29 is 0 Å². The van der Waals surface area contributed by atoms with Crippen molar-refractivity contribution in [1.82, 2.24) is 9.97 Å². The minimum Gasteiger partial charge on any atom is -0.265 e. The smallest absolute Gasteiger partial charge is 0.0703 e. The van der Waals surface area contributed by atoms with E-state index < -0.39 is 0 Å². The van der Waals surface area contributed by atoms with Crippen molar-refractivity contribution in [3.8, 4) is 44.6 Å². The van der Waals surface area contributed by atoms with Gasteiger partial charge in [0.15, 0.2) is 0 Å². The standard InChI is InChI=1S/C56H42N2/c1-32-27-47-46(40-12-8-9-13-41(40)52(47)35-10-6-5-7-11-35)30-45(32)51-33(2)26-37-15-20-44-54-38(16-19-43(51)53(37)54)29-49-55(44)42-18-14-36(28-48(42)56(49,3)4)39-17-21-50(58-31-39)34-22-24-57-25-23-34/h5-14,16-31,52,55H,15H2,1-4H3. The average molecular weight is 743 g/mol. The fourth-order valence-electron chi connectivity index (χ4n) is 11.2. The van der Waals surface area contributed by atoms with E-state index in [0.29, 0.717) is 0 Å². The second-order valence-corrected chi connectivity index (χ2v) is 17.4. The number of pyridine rings is 2.